The first kappa shape index (κ1) is 12.9. The Labute approximate surface area is 113 Å². The maximum atomic E-state index is 13.4. The zero-order valence-electron chi connectivity index (χ0n) is 11.3. The third-order valence-corrected chi connectivity index (χ3v) is 4.37. The molecule has 2 saturated heterocycles. The number of hydrogen-bond acceptors (Lipinski definition) is 2. The first-order valence-electron chi connectivity index (χ1n) is 7.10. The second-order valence-corrected chi connectivity index (χ2v) is 5.77. The minimum atomic E-state index is -0.492. The van der Waals surface area contributed by atoms with Crippen LogP contribution < -0.4 is 4.90 Å². The van der Waals surface area contributed by atoms with Gasteiger partial charge in [0.25, 0.3) is 0 Å². The van der Waals surface area contributed by atoms with Crippen LogP contribution in [0, 0.1) is 11.6 Å². The summed E-state index contributed by atoms with van der Waals surface area (Å²) in [5.74, 6) is -0.985. The summed E-state index contributed by atoms with van der Waals surface area (Å²) in [5.41, 5.74) is 0.676. The Morgan fingerprint density at radius 2 is 1.79 bits per heavy atom. The van der Waals surface area contributed by atoms with Gasteiger partial charge in [0.05, 0.1) is 0 Å². The maximum absolute atomic E-state index is 13.4. The second-order valence-electron chi connectivity index (χ2n) is 5.77. The summed E-state index contributed by atoms with van der Waals surface area (Å²) in [5, 5.41) is 0. The zero-order chi connectivity index (χ0) is 13.4. The molecule has 0 amide bonds. The predicted molar refractivity (Wildman–Crippen MR) is 72.4 cm³/mol. The highest BCUT2D eigenvalue weighted by Gasteiger charge is 2.33. The first-order valence-corrected chi connectivity index (χ1v) is 7.10. The van der Waals surface area contributed by atoms with Gasteiger partial charge in [0.1, 0.15) is 11.6 Å². The molecule has 104 valence electrons. The average Bonchev–Trinajstić information content (AvgIpc) is 2.36. The van der Waals surface area contributed by atoms with E-state index in [0.29, 0.717) is 17.8 Å². The lowest BCUT2D eigenvalue weighted by Gasteiger charge is -2.48. The van der Waals surface area contributed by atoms with Gasteiger partial charge in [-0.05, 0) is 38.4 Å². The van der Waals surface area contributed by atoms with Crippen LogP contribution in [0.1, 0.15) is 26.2 Å². The Bertz CT molecular complexity index is 443. The van der Waals surface area contributed by atoms with E-state index in [1.165, 1.54) is 37.9 Å². The van der Waals surface area contributed by atoms with Gasteiger partial charge in [-0.25, -0.2) is 8.78 Å². The van der Waals surface area contributed by atoms with Crippen LogP contribution in [0.5, 0.6) is 0 Å². The predicted octanol–water partition coefficient (Wildman–Crippen LogP) is 3.03. The fourth-order valence-corrected chi connectivity index (χ4v) is 3.42. The van der Waals surface area contributed by atoms with Crippen LogP contribution >= 0.6 is 0 Å². The molecule has 0 saturated carbocycles. The number of rotatable bonds is 1. The van der Waals surface area contributed by atoms with E-state index in [2.05, 4.69) is 16.7 Å². The van der Waals surface area contributed by atoms with Crippen LogP contribution in [0.15, 0.2) is 18.2 Å². The summed E-state index contributed by atoms with van der Waals surface area (Å²) in [6, 6.07) is 4.66. The molecule has 0 bridgehead atoms. The third-order valence-electron chi connectivity index (χ3n) is 4.37. The van der Waals surface area contributed by atoms with Gasteiger partial charge < -0.3 is 4.90 Å². The summed E-state index contributed by atoms with van der Waals surface area (Å²) >= 11 is 0. The van der Waals surface area contributed by atoms with Crippen LogP contribution in [0.25, 0.3) is 0 Å². The molecule has 2 atom stereocenters. The number of piperazine rings is 1. The summed E-state index contributed by atoms with van der Waals surface area (Å²) < 4.78 is 26.7. The lowest BCUT2D eigenvalue weighted by atomic mass is 9.96. The molecule has 0 aliphatic carbocycles. The number of hydrogen-bond donors (Lipinski definition) is 0. The van der Waals surface area contributed by atoms with Gasteiger partial charge in [0, 0.05) is 36.9 Å². The number of halogens is 2. The Morgan fingerprint density at radius 1 is 1.05 bits per heavy atom. The van der Waals surface area contributed by atoms with E-state index in [4.69, 9.17) is 0 Å². The number of benzene rings is 1. The van der Waals surface area contributed by atoms with Crippen molar-refractivity contribution in [3.05, 3.63) is 29.8 Å². The molecule has 1 aromatic rings. The molecule has 3 rings (SSSR count). The molecule has 19 heavy (non-hydrogen) atoms. The van der Waals surface area contributed by atoms with Crippen LogP contribution in [-0.2, 0) is 0 Å². The molecule has 2 nitrogen and oxygen atoms in total. The van der Waals surface area contributed by atoms with Crippen LogP contribution in [0.4, 0.5) is 14.5 Å². The highest BCUT2D eigenvalue weighted by atomic mass is 19.1. The van der Waals surface area contributed by atoms with Gasteiger partial charge in [-0.1, -0.05) is 6.42 Å². The van der Waals surface area contributed by atoms with Crippen molar-refractivity contribution in [1.29, 1.82) is 0 Å². The molecular weight excluding hydrogens is 246 g/mol. The van der Waals surface area contributed by atoms with E-state index >= 15 is 0 Å². The topological polar surface area (TPSA) is 6.48 Å². The minimum absolute atomic E-state index is 0.301. The van der Waals surface area contributed by atoms with Crippen molar-refractivity contribution in [2.24, 2.45) is 0 Å². The summed E-state index contributed by atoms with van der Waals surface area (Å²) in [4.78, 5) is 4.68. The second kappa shape index (κ2) is 5.08. The van der Waals surface area contributed by atoms with E-state index < -0.39 is 11.6 Å². The van der Waals surface area contributed by atoms with Crippen molar-refractivity contribution in [3.8, 4) is 0 Å². The van der Waals surface area contributed by atoms with Crippen molar-refractivity contribution in [2.75, 3.05) is 24.5 Å². The number of anilines is 1. The summed E-state index contributed by atoms with van der Waals surface area (Å²) in [6.07, 6.45) is 3.74. The van der Waals surface area contributed by atoms with E-state index in [0.717, 1.165) is 19.2 Å². The van der Waals surface area contributed by atoms with Crippen LogP contribution in [-0.4, -0.2) is 36.6 Å². The maximum Gasteiger partial charge on any atom is 0.128 e. The smallest absolute Gasteiger partial charge is 0.128 e. The van der Waals surface area contributed by atoms with Gasteiger partial charge in [-0.3, -0.25) is 4.90 Å². The standard InChI is InChI=1S/C15H20F2N2/c1-11-9-18-5-3-2-4-14(18)10-19(11)15-7-12(16)6-13(17)8-15/h6-8,11,14H,2-5,9-10H2,1H3. The van der Waals surface area contributed by atoms with Crippen molar-refractivity contribution in [1.82, 2.24) is 4.90 Å². The van der Waals surface area contributed by atoms with Gasteiger partial charge >= 0.3 is 0 Å². The molecule has 0 spiro atoms. The lowest BCUT2D eigenvalue weighted by Crippen LogP contribution is -2.58. The van der Waals surface area contributed by atoms with E-state index in [-0.39, 0.29) is 0 Å². The van der Waals surface area contributed by atoms with Gasteiger partial charge in [0.2, 0.25) is 0 Å². The highest BCUT2D eigenvalue weighted by Crippen LogP contribution is 2.28. The molecule has 2 unspecified atom stereocenters. The van der Waals surface area contributed by atoms with E-state index in [1.807, 2.05) is 0 Å². The van der Waals surface area contributed by atoms with Gasteiger partial charge in [0.15, 0.2) is 0 Å². The summed E-state index contributed by atoms with van der Waals surface area (Å²) in [6.45, 7) is 5.17. The third kappa shape index (κ3) is 2.59. The largest absolute Gasteiger partial charge is 0.366 e. The minimum Gasteiger partial charge on any atom is -0.366 e. The summed E-state index contributed by atoms with van der Waals surface area (Å²) in [7, 11) is 0. The van der Waals surface area contributed by atoms with Crippen molar-refractivity contribution in [2.45, 2.75) is 38.3 Å². The zero-order valence-corrected chi connectivity index (χ0v) is 11.3. The molecule has 0 N–H and O–H groups in total. The fourth-order valence-electron chi connectivity index (χ4n) is 3.42. The SMILES string of the molecule is CC1CN2CCCCC2CN1c1cc(F)cc(F)c1. The Hall–Kier alpha value is -1.16. The van der Waals surface area contributed by atoms with Crippen LogP contribution in [0.2, 0.25) is 0 Å². The van der Waals surface area contributed by atoms with E-state index in [9.17, 15) is 8.78 Å². The average molecular weight is 266 g/mol. The fraction of sp³-hybridized carbons (Fsp3) is 0.600. The Balaban J connectivity index is 1.83. The van der Waals surface area contributed by atoms with Gasteiger partial charge in [-0.15, -0.1) is 0 Å². The molecule has 2 fully saturated rings. The van der Waals surface area contributed by atoms with E-state index in [1.54, 1.807) is 0 Å². The van der Waals surface area contributed by atoms with Crippen LogP contribution in [0.3, 0.4) is 0 Å². The number of fused-ring (bicyclic) bond motifs is 1. The molecule has 0 radical (unpaired) electrons. The first-order chi connectivity index (χ1) is 9.13. The Kier molecular flexibility index (Phi) is 3.44. The molecule has 2 aliphatic heterocycles. The molecule has 2 aliphatic rings. The van der Waals surface area contributed by atoms with Gasteiger partial charge in [-0.2, -0.15) is 0 Å². The highest BCUT2D eigenvalue weighted by molar-refractivity contribution is 5.48. The molecule has 0 aromatic heterocycles. The lowest BCUT2D eigenvalue weighted by molar-refractivity contribution is 0.115. The Morgan fingerprint density at radius 3 is 2.53 bits per heavy atom. The quantitative estimate of drug-likeness (QED) is 0.771. The van der Waals surface area contributed by atoms with Crippen molar-refractivity contribution < 1.29 is 8.78 Å². The normalized spacial score (nSPS) is 28.3. The monoisotopic (exact) mass is 266 g/mol. The number of piperidine rings is 1. The van der Waals surface area contributed by atoms with Crippen molar-refractivity contribution >= 4 is 5.69 Å². The molecular formula is C15H20F2N2. The molecule has 1 aromatic carbocycles. The number of nitrogens with zero attached hydrogens (tertiary/aromatic N) is 2. The van der Waals surface area contributed by atoms with Crippen molar-refractivity contribution in [3.63, 3.8) is 0 Å². The molecule has 2 heterocycles. The molecule has 4 heteroatoms.